The number of esters is 2. The molecule has 0 aromatic carbocycles. The minimum atomic E-state index is -1.05. The van der Waals surface area contributed by atoms with Crippen molar-refractivity contribution in [2.75, 3.05) is 6.61 Å². The lowest BCUT2D eigenvalue weighted by molar-refractivity contribution is -0.168. The molecule has 98 valence electrons. The molecule has 1 rings (SSSR count). The highest BCUT2D eigenvalue weighted by atomic mass is 16.6. The van der Waals surface area contributed by atoms with Crippen molar-refractivity contribution < 1.29 is 19.1 Å². The molecule has 1 heterocycles. The second-order valence-corrected chi connectivity index (χ2v) is 4.30. The second-order valence-electron chi connectivity index (χ2n) is 4.30. The molecule has 18 heavy (non-hydrogen) atoms. The van der Waals surface area contributed by atoms with Gasteiger partial charge >= 0.3 is 11.9 Å². The van der Waals surface area contributed by atoms with Crippen LogP contribution in [0.2, 0.25) is 0 Å². The van der Waals surface area contributed by atoms with E-state index in [1.165, 1.54) is 13.1 Å². The summed E-state index contributed by atoms with van der Waals surface area (Å²) in [5, 5.41) is 0. The Bertz CT molecular complexity index is 403. The number of rotatable bonds is 5. The fourth-order valence-corrected chi connectivity index (χ4v) is 1.27. The number of hydrogen-bond donors (Lipinski definition) is 0. The molecule has 0 amide bonds. The maximum atomic E-state index is 11.9. The minimum absolute atomic E-state index is 0.223. The fraction of sp³-hybridized carbons (Fsp3) is 0.462. The standard InChI is InChI=1S/C13H17NO4/c1-9(2)8-17-13(16)12(18-10(3)15)11-5-4-6-14-7-11/h4-7,9,12H,8H2,1-3H3. The summed E-state index contributed by atoms with van der Waals surface area (Å²) in [6.07, 6.45) is 2.01. The molecule has 1 unspecified atom stereocenters. The molecule has 0 spiro atoms. The van der Waals surface area contributed by atoms with Crippen molar-refractivity contribution >= 4 is 11.9 Å². The van der Waals surface area contributed by atoms with Gasteiger partial charge in [0.05, 0.1) is 6.61 Å². The molecule has 0 aliphatic carbocycles. The number of hydrogen-bond acceptors (Lipinski definition) is 5. The van der Waals surface area contributed by atoms with Gasteiger partial charge in [0.1, 0.15) is 0 Å². The van der Waals surface area contributed by atoms with Gasteiger partial charge in [0, 0.05) is 24.9 Å². The molecule has 0 radical (unpaired) electrons. The highest BCUT2D eigenvalue weighted by Gasteiger charge is 2.25. The minimum Gasteiger partial charge on any atom is -0.462 e. The van der Waals surface area contributed by atoms with Crippen LogP contribution in [0.5, 0.6) is 0 Å². The Labute approximate surface area is 106 Å². The zero-order valence-corrected chi connectivity index (χ0v) is 10.8. The maximum absolute atomic E-state index is 11.9. The predicted octanol–water partition coefficient (Wildman–Crippen LogP) is 1.89. The zero-order chi connectivity index (χ0) is 13.5. The molecule has 5 heteroatoms. The van der Waals surface area contributed by atoms with Crippen molar-refractivity contribution in [1.29, 1.82) is 0 Å². The van der Waals surface area contributed by atoms with E-state index in [0.717, 1.165) is 0 Å². The molecule has 0 aliphatic rings. The van der Waals surface area contributed by atoms with Gasteiger partial charge in [-0.15, -0.1) is 0 Å². The SMILES string of the molecule is CC(=O)OC(C(=O)OCC(C)C)c1cccnc1. The smallest absolute Gasteiger partial charge is 0.352 e. The number of carbonyl (C=O) groups is 2. The number of pyridine rings is 1. The van der Waals surface area contributed by atoms with Gasteiger partial charge in [0.15, 0.2) is 0 Å². The van der Waals surface area contributed by atoms with Crippen LogP contribution < -0.4 is 0 Å². The Morgan fingerprint density at radius 1 is 1.39 bits per heavy atom. The molecule has 0 fully saturated rings. The number of nitrogens with zero attached hydrogens (tertiary/aromatic N) is 1. The first-order valence-electron chi connectivity index (χ1n) is 5.74. The third-order valence-corrected chi connectivity index (χ3v) is 2.04. The summed E-state index contributed by atoms with van der Waals surface area (Å²) in [4.78, 5) is 26.8. The molecule has 0 aliphatic heterocycles. The molecular weight excluding hydrogens is 234 g/mol. The van der Waals surface area contributed by atoms with Crippen LogP contribution in [0.15, 0.2) is 24.5 Å². The average Bonchev–Trinajstić information content (AvgIpc) is 2.34. The summed E-state index contributed by atoms with van der Waals surface area (Å²) < 4.78 is 10.1. The van der Waals surface area contributed by atoms with E-state index in [1.807, 2.05) is 13.8 Å². The Hall–Kier alpha value is -1.91. The molecule has 1 atom stereocenters. The number of ether oxygens (including phenoxy) is 2. The summed E-state index contributed by atoms with van der Waals surface area (Å²) in [6.45, 7) is 5.40. The van der Waals surface area contributed by atoms with Crippen LogP contribution in [0.25, 0.3) is 0 Å². The lowest BCUT2D eigenvalue weighted by Gasteiger charge is -2.16. The molecule has 1 aromatic rings. The van der Waals surface area contributed by atoms with Gasteiger partial charge in [0.25, 0.3) is 0 Å². The van der Waals surface area contributed by atoms with E-state index >= 15 is 0 Å². The Morgan fingerprint density at radius 2 is 2.11 bits per heavy atom. The first kappa shape index (κ1) is 14.2. The zero-order valence-electron chi connectivity index (χ0n) is 10.8. The van der Waals surface area contributed by atoms with Gasteiger partial charge in [-0.05, 0) is 12.0 Å². The monoisotopic (exact) mass is 251 g/mol. The van der Waals surface area contributed by atoms with Crippen LogP contribution in [0.4, 0.5) is 0 Å². The highest BCUT2D eigenvalue weighted by molar-refractivity contribution is 5.80. The summed E-state index contributed by atoms with van der Waals surface area (Å²) >= 11 is 0. The van der Waals surface area contributed by atoms with E-state index in [1.54, 1.807) is 18.3 Å². The van der Waals surface area contributed by atoms with Gasteiger partial charge in [-0.2, -0.15) is 0 Å². The van der Waals surface area contributed by atoms with Crippen LogP contribution in [-0.4, -0.2) is 23.5 Å². The molecule has 0 bridgehead atoms. The predicted molar refractivity (Wildman–Crippen MR) is 64.5 cm³/mol. The Balaban J connectivity index is 2.78. The third-order valence-electron chi connectivity index (χ3n) is 2.04. The van der Waals surface area contributed by atoms with Gasteiger partial charge < -0.3 is 9.47 Å². The first-order valence-corrected chi connectivity index (χ1v) is 5.74. The Kier molecular flexibility index (Phi) is 5.30. The summed E-state index contributed by atoms with van der Waals surface area (Å²) in [6, 6.07) is 3.33. The van der Waals surface area contributed by atoms with Gasteiger partial charge in [-0.1, -0.05) is 19.9 Å². The van der Waals surface area contributed by atoms with Crippen molar-refractivity contribution in [3.8, 4) is 0 Å². The van der Waals surface area contributed by atoms with Crippen molar-refractivity contribution in [3.05, 3.63) is 30.1 Å². The van der Waals surface area contributed by atoms with E-state index in [0.29, 0.717) is 5.56 Å². The first-order chi connectivity index (χ1) is 8.50. The molecule has 0 saturated heterocycles. The van der Waals surface area contributed by atoms with Gasteiger partial charge in [0.2, 0.25) is 6.10 Å². The van der Waals surface area contributed by atoms with Crippen molar-refractivity contribution in [2.24, 2.45) is 5.92 Å². The lowest BCUT2D eigenvalue weighted by atomic mass is 10.1. The van der Waals surface area contributed by atoms with Crippen LogP contribution in [0, 0.1) is 5.92 Å². The number of aromatic nitrogens is 1. The molecule has 5 nitrogen and oxygen atoms in total. The van der Waals surface area contributed by atoms with Gasteiger partial charge in [-0.25, -0.2) is 4.79 Å². The summed E-state index contributed by atoms with van der Waals surface area (Å²) in [5.41, 5.74) is 0.501. The van der Waals surface area contributed by atoms with Crippen LogP contribution >= 0.6 is 0 Å². The van der Waals surface area contributed by atoms with E-state index in [2.05, 4.69) is 4.98 Å². The second kappa shape index (κ2) is 6.74. The van der Waals surface area contributed by atoms with E-state index in [4.69, 9.17) is 9.47 Å². The molecule has 1 aromatic heterocycles. The topological polar surface area (TPSA) is 65.5 Å². The molecular formula is C13H17NO4. The van der Waals surface area contributed by atoms with Crippen LogP contribution in [0.3, 0.4) is 0 Å². The van der Waals surface area contributed by atoms with Crippen LogP contribution in [-0.2, 0) is 19.1 Å². The molecule has 0 saturated carbocycles. The van der Waals surface area contributed by atoms with E-state index in [9.17, 15) is 9.59 Å². The van der Waals surface area contributed by atoms with E-state index in [-0.39, 0.29) is 12.5 Å². The van der Waals surface area contributed by atoms with Crippen molar-refractivity contribution in [3.63, 3.8) is 0 Å². The van der Waals surface area contributed by atoms with Gasteiger partial charge in [-0.3, -0.25) is 9.78 Å². The van der Waals surface area contributed by atoms with Crippen molar-refractivity contribution in [1.82, 2.24) is 4.98 Å². The third kappa shape index (κ3) is 4.53. The maximum Gasteiger partial charge on any atom is 0.352 e. The van der Waals surface area contributed by atoms with Crippen molar-refractivity contribution in [2.45, 2.75) is 26.9 Å². The van der Waals surface area contributed by atoms with E-state index < -0.39 is 18.0 Å². The normalized spacial score (nSPS) is 12.0. The quantitative estimate of drug-likeness (QED) is 0.747. The van der Waals surface area contributed by atoms with Crippen LogP contribution in [0.1, 0.15) is 32.4 Å². The lowest BCUT2D eigenvalue weighted by Crippen LogP contribution is -2.22. The highest BCUT2D eigenvalue weighted by Crippen LogP contribution is 2.18. The summed E-state index contributed by atoms with van der Waals surface area (Å²) in [7, 11) is 0. The largest absolute Gasteiger partial charge is 0.462 e. The fourth-order valence-electron chi connectivity index (χ4n) is 1.27. The molecule has 0 N–H and O–H groups in total. The Morgan fingerprint density at radius 3 is 2.61 bits per heavy atom. The average molecular weight is 251 g/mol. The number of carbonyl (C=O) groups excluding carboxylic acids is 2. The summed E-state index contributed by atoms with van der Waals surface area (Å²) in [5.74, 6) is -0.891.